The van der Waals surface area contributed by atoms with E-state index < -0.39 is 0 Å². The van der Waals surface area contributed by atoms with Crippen molar-refractivity contribution in [1.82, 2.24) is 10.2 Å². The van der Waals surface area contributed by atoms with E-state index in [2.05, 4.69) is 41.5 Å². The van der Waals surface area contributed by atoms with Crippen LogP contribution < -0.4 is 5.32 Å². The Kier molecular flexibility index (Phi) is 5.91. The first-order valence-corrected chi connectivity index (χ1v) is 9.47. The number of aryl methyl sites for hydroxylation is 2. The molecule has 0 spiro atoms. The van der Waals surface area contributed by atoms with Crippen molar-refractivity contribution in [2.45, 2.75) is 18.9 Å². The Morgan fingerprint density at radius 1 is 1.00 bits per heavy atom. The second-order valence-corrected chi connectivity index (χ2v) is 7.33. The van der Waals surface area contributed by atoms with Crippen molar-refractivity contribution in [3.63, 3.8) is 0 Å². The zero-order valence-corrected chi connectivity index (χ0v) is 16.1. The molecule has 1 heterocycles. The Morgan fingerprint density at radius 3 is 2.42 bits per heavy atom. The highest BCUT2D eigenvalue weighted by molar-refractivity contribution is 7.99. The van der Waals surface area contributed by atoms with Crippen LogP contribution in [0.25, 0.3) is 11.3 Å². The lowest BCUT2D eigenvalue weighted by Gasteiger charge is -2.06. The molecule has 3 aromatic rings. The summed E-state index contributed by atoms with van der Waals surface area (Å²) >= 11 is 7.18. The number of halogens is 1. The first-order valence-electron chi connectivity index (χ1n) is 8.11. The Labute approximate surface area is 162 Å². The number of hydrogen-bond acceptors (Lipinski definition) is 4. The molecule has 1 N–H and O–H groups in total. The highest BCUT2D eigenvalue weighted by Crippen LogP contribution is 2.22. The van der Waals surface area contributed by atoms with Gasteiger partial charge in [-0.05, 0) is 67.4 Å². The minimum Gasteiger partial charge on any atom is -0.325 e. The van der Waals surface area contributed by atoms with Crippen molar-refractivity contribution in [3.05, 3.63) is 70.7 Å². The number of thioether (sulfide) groups is 1. The Hall–Kier alpha value is -2.37. The SMILES string of the molecule is Cc1ccc(-c2ccc(SCC(=O)Nc3ccc(Cl)cc3)nn2)cc1C. The maximum absolute atomic E-state index is 12.0. The van der Waals surface area contributed by atoms with Crippen LogP contribution in [0.15, 0.2) is 59.6 Å². The summed E-state index contributed by atoms with van der Waals surface area (Å²) in [5, 5.41) is 12.7. The second kappa shape index (κ2) is 8.34. The van der Waals surface area contributed by atoms with Crippen molar-refractivity contribution in [1.29, 1.82) is 0 Å². The van der Waals surface area contributed by atoms with Gasteiger partial charge >= 0.3 is 0 Å². The lowest BCUT2D eigenvalue weighted by Crippen LogP contribution is -2.14. The molecule has 3 rings (SSSR count). The van der Waals surface area contributed by atoms with E-state index in [0.29, 0.717) is 10.0 Å². The Balaban J connectivity index is 1.58. The van der Waals surface area contributed by atoms with Crippen LogP contribution in [-0.4, -0.2) is 21.9 Å². The second-order valence-electron chi connectivity index (χ2n) is 5.90. The van der Waals surface area contributed by atoms with Crippen LogP contribution in [0.1, 0.15) is 11.1 Å². The van der Waals surface area contributed by atoms with E-state index in [1.165, 1.54) is 22.9 Å². The first kappa shape index (κ1) is 18.4. The average Bonchev–Trinajstić information content (AvgIpc) is 2.65. The van der Waals surface area contributed by atoms with Gasteiger partial charge in [0.15, 0.2) is 0 Å². The van der Waals surface area contributed by atoms with Crippen molar-refractivity contribution >= 4 is 35.0 Å². The monoisotopic (exact) mass is 383 g/mol. The number of carbonyl (C=O) groups is 1. The van der Waals surface area contributed by atoms with Crippen molar-refractivity contribution in [2.75, 3.05) is 11.1 Å². The molecule has 0 aliphatic heterocycles. The third-order valence-electron chi connectivity index (χ3n) is 3.92. The molecular weight excluding hydrogens is 366 g/mol. The van der Waals surface area contributed by atoms with Gasteiger partial charge in [0.1, 0.15) is 5.03 Å². The fourth-order valence-electron chi connectivity index (χ4n) is 2.32. The van der Waals surface area contributed by atoms with Crippen LogP contribution in [0.5, 0.6) is 0 Å². The molecule has 0 aliphatic carbocycles. The largest absolute Gasteiger partial charge is 0.325 e. The highest BCUT2D eigenvalue weighted by Gasteiger charge is 2.07. The van der Waals surface area contributed by atoms with Gasteiger partial charge in [0.05, 0.1) is 11.4 Å². The van der Waals surface area contributed by atoms with Gasteiger partial charge in [-0.15, -0.1) is 10.2 Å². The summed E-state index contributed by atoms with van der Waals surface area (Å²) in [6.07, 6.45) is 0. The summed E-state index contributed by atoms with van der Waals surface area (Å²) in [6.45, 7) is 4.16. The van der Waals surface area contributed by atoms with E-state index in [4.69, 9.17) is 11.6 Å². The van der Waals surface area contributed by atoms with E-state index in [1.54, 1.807) is 24.3 Å². The van der Waals surface area contributed by atoms with Gasteiger partial charge in [-0.2, -0.15) is 0 Å². The predicted molar refractivity (Wildman–Crippen MR) is 108 cm³/mol. The Bertz CT molecular complexity index is 911. The fraction of sp³-hybridized carbons (Fsp3) is 0.150. The van der Waals surface area contributed by atoms with Crippen LogP contribution in [0, 0.1) is 13.8 Å². The molecular formula is C20H18ClN3OS. The summed E-state index contributed by atoms with van der Waals surface area (Å²) in [7, 11) is 0. The standard InChI is InChI=1S/C20H18ClN3OS/c1-13-3-4-15(11-14(13)2)18-9-10-20(24-23-18)26-12-19(25)22-17-7-5-16(21)6-8-17/h3-11H,12H2,1-2H3,(H,22,25). The number of nitrogens with zero attached hydrogens (tertiary/aromatic N) is 2. The molecule has 0 unspecified atom stereocenters. The molecule has 1 aromatic heterocycles. The number of hydrogen-bond donors (Lipinski definition) is 1. The maximum atomic E-state index is 12.0. The van der Waals surface area contributed by atoms with Gasteiger partial charge in [0.25, 0.3) is 0 Å². The molecule has 0 bridgehead atoms. The molecule has 0 aliphatic rings. The number of aromatic nitrogens is 2. The third-order valence-corrected chi connectivity index (χ3v) is 5.09. The molecule has 132 valence electrons. The van der Waals surface area contributed by atoms with Gasteiger partial charge in [-0.1, -0.05) is 35.5 Å². The molecule has 4 nitrogen and oxygen atoms in total. The minimum atomic E-state index is -0.0997. The van der Waals surface area contributed by atoms with Crippen LogP contribution in [0.2, 0.25) is 5.02 Å². The van der Waals surface area contributed by atoms with Crippen molar-refractivity contribution in [3.8, 4) is 11.3 Å². The van der Waals surface area contributed by atoms with Gasteiger partial charge in [-0.25, -0.2) is 0 Å². The third kappa shape index (κ3) is 4.84. The van der Waals surface area contributed by atoms with Crippen molar-refractivity contribution in [2.24, 2.45) is 0 Å². The topological polar surface area (TPSA) is 54.9 Å². The molecule has 1 amide bonds. The number of rotatable bonds is 5. The van der Waals surface area contributed by atoms with Crippen LogP contribution in [0.3, 0.4) is 0 Å². The summed E-state index contributed by atoms with van der Waals surface area (Å²) in [6, 6.07) is 17.0. The number of anilines is 1. The molecule has 26 heavy (non-hydrogen) atoms. The number of nitrogens with one attached hydrogen (secondary N) is 1. The summed E-state index contributed by atoms with van der Waals surface area (Å²) in [5.74, 6) is 0.165. The number of carbonyl (C=O) groups excluding carboxylic acids is 1. The number of benzene rings is 2. The van der Waals surface area contributed by atoms with Crippen LogP contribution in [-0.2, 0) is 4.79 Å². The maximum Gasteiger partial charge on any atom is 0.234 e. The molecule has 0 saturated carbocycles. The molecule has 0 fully saturated rings. The number of amides is 1. The molecule has 2 aromatic carbocycles. The van der Waals surface area contributed by atoms with Crippen LogP contribution in [0.4, 0.5) is 5.69 Å². The smallest absolute Gasteiger partial charge is 0.234 e. The first-order chi connectivity index (χ1) is 12.5. The summed E-state index contributed by atoms with van der Waals surface area (Å²) < 4.78 is 0. The quantitative estimate of drug-likeness (QED) is 0.619. The van der Waals surface area contributed by atoms with E-state index >= 15 is 0 Å². The molecule has 0 saturated heterocycles. The van der Waals surface area contributed by atoms with Gasteiger partial charge in [0, 0.05) is 16.3 Å². The van der Waals surface area contributed by atoms with E-state index in [0.717, 1.165) is 16.9 Å². The van der Waals surface area contributed by atoms with E-state index in [9.17, 15) is 4.79 Å². The zero-order valence-electron chi connectivity index (χ0n) is 14.5. The molecule has 6 heteroatoms. The average molecular weight is 384 g/mol. The highest BCUT2D eigenvalue weighted by atomic mass is 35.5. The van der Waals surface area contributed by atoms with Crippen LogP contribution >= 0.6 is 23.4 Å². The fourth-order valence-corrected chi connectivity index (χ4v) is 3.06. The Morgan fingerprint density at radius 2 is 1.77 bits per heavy atom. The summed E-state index contributed by atoms with van der Waals surface area (Å²) in [5.41, 5.74) is 5.05. The van der Waals surface area contributed by atoms with E-state index in [-0.39, 0.29) is 11.7 Å². The van der Waals surface area contributed by atoms with Crippen molar-refractivity contribution < 1.29 is 4.79 Å². The van der Waals surface area contributed by atoms with Gasteiger partial charge < -0.3 is 5.32 Å². The minimum absolute atomic E-state index is 0.0997. The normalized spacial score (nSPS) is 10.6. The van der Waals surface area contributed by atoms with Gasteiger partial charge in [-0.3, -0.25) is 4.79 Å². The molecule has 0 radical (unpaired) electrons. The summed E-state index contributed by atoms with van der Waals surface area (Å²) in [4.78, 5) is 12.0. The van der Waals surface area contributed by atoms with Gasteiger partial charge in [0.2, 0.25) is 5.91 Å². The lowest BCUT2D eigenvalue weighted by atomic mass is 10.0. The zero-order chi connectivity index (χ0) is 18.5. The lowest BCUT2D eigenvalue weighted by molar-refractivity contribution is -0.113. The predicted octanol–water partition coefficient (Wildman–Crippen LogP) is 5.14. The van der Waals surface area contributed by atoms with E-state index in [1.807, 2.05) is 18.2 Å². The molecule has 0 atom stereocenters.